The summed E-state index contributed by atoms with van der Waals surface area (Å²) in [6.45, 7) is 4.17. The number of hydrogen-bond donors (Lipinski definition) is 2. The molecule has 162 valence electrons. The van der Waals surface area contributed by atoms with Crippen molar-refractivity contribution >= 4 is 44.6 Å². The van der Waals surface area contributed by atoms with Crippen molar-refractivity contribution in [3.63, 3.8) is 0 Å². The molecule has 3 aromatic rings. The number of aryl methyl sites for hydroxylation is 1. The first-order valence-corrected chi connectivity index (χ1v) is 11.5. The van der Waals surface area contributed by atoms with E-state index in [1.54, 1.807) is 37.4 Å². The van der Waals surface area contributed by atoms with Crippen molar-refractivity contribution in [2.75, 3.05) is 11.3 Å². The number of sulfonamides is 1. The van der Waals surface area contributed by atoms with E-state index < -0.39 is 28.4 Å². The second-order valence-corrected chi connectivity index (χ2v) is 9.62. The first-order chi connectivity index (χ1) is 14.6. The summed E-state index contributed by atoms with van der Waals surface area (Å²) < 4.78 is 32.6. The quantitative estimate of drug-likeness (QED) is 0.390. The number of Topliss-reactive ketones (excluding diaryl/α,β-unsaturated/α-hetero) is 2. The number of ketones is 2. The molecule has 0 spiro atoms. The smallest absolute Gasteiger partial charge is 0.340 e. The van der Waals surface area contributed by atoms with Gasteiger partial charge in [0.2, 0.25) is 5.78 Å². The molecule has 31 heavy (non-hydrogen) atoms. The summed E-state index contributed by atoms with van der Waals surface area (Å²) in [6, 6.07) is 9.01. The fourth-order valence-electron chi connectivity index (χ4n) is 3.20. The van der Waals surface area contributed by atoms with E-state index in [4.69, 9.17) is 4.74 Å². The van der Waals surface area contributed by atoms with Gasteiger partial charge in [-0.2, -0.15) is 0 Å². The topological polar surface area (TPSA) is 122 Å². The summed E-state index contributed by atoms with van der Waals surface area (Å²) in [5.74, 6) is -1.53. The molecule has 0 aliphatic carbocycles. The van der Waals surface area contributed by atoms with Crippen molar-refractivity contribution in [1.29, 1.82) is 0 Å². The number of ether oxygens (including phenoxy) is 1. The van der Waals surface area contributed by atoms with Crippen LogP contribution >= 0.6 is 11.3 Å². The summed E-state index contributed by atoms with van der Waals surface area (Å²) in [6.07, 6.45) is 0. The van der Waals surface area contributed by atoms with Crippen molar-refractivity contribution in [3.05, 3.63) is 69.9 Å². The zero-order valence-electron chi connectivity index (χ0n) is 17.0. The lowest BCUT2D eigenvalue weighted by molar-refractivity contribution is 0.0474. The highest BCUT2D eigenvalue weighted by molar-refractivity contribution is 7.94. The molecule has 0 saturated carbocycles. The van der Waals surface area contributed by atoms with Crippen LogP contribution in [0.15, 0.2) is 46.0 Å². The molecule has 0 fully saturated rings. The van der Waals surface area contributed by atoms with E-state index >= 15 is 0 Å². The minimum absolute atomic E-state index is 0.0285. The van der Waals surface area contributed by atoms with Crippen LogP contribution in [0.5, 0.6) is 0 Å². The monoisotopic (exact) mass is 460 g/mol. The molecule has 0 bridgehead atoms. The van der Waals surface area contributed by atoms with Crippen LogP contribution in [0.2, 0.25) is 0 Å². The maximum atomic E-state index is 12.6. The third kappa shape index (κ3) is 4.75. The molecular weight excluding hydrogens is 440 g/mol. The Morgan fingerprint density at radius 1 is 1.10 bits per heavy atom. The van der Waals surface area contributed by atoms with Crippen LogP contribution in [0, 0.1) is 13.8 Å². The Bertz CT molecular complexity index is 1260. The molecule has 0 unspecified atom stereocenters. The van der Waals surface area contributed by atoms with Crippen LogP contribution in [-0.2, 0) is 14.8 Å². The number of rotatable bonds is 8. The Kier molecular flexibility index (Phi) is 6.42. The molecule has 1 aromatic carbocycles. The first-order valence-electron chi connectivity index (χ1n) is 9.17. The number of H-pyrrole nitrogens is 1. The van der Waals surface area contributed by atoms with Crippen LogP contribution in [0.3, 0.4) is 0 Å². The van der Waals surface area contributed by atoms with Crippen molar-refractivity contribution in [3.8, 4) is 0 Å². The number of aromatic nitrogens is 1. The number of aromatic amines is 1. The van der Waals surface area contributed by atoms with Gasteiger partial charge in [0, 0.05) is 11.3 Å². The SMILES string of the molecule is CC(=O)c1c(C)[nH]c(C(=O)COC(=O)c2ccccc2NS(=O)(=O)c2cccs2)c1C. The van der Waals surface area contributed by atoms with Gasteiger partial charge in [-0.3, -0.25) is 14.3 Å². The molecule has 0 saturated heterocycles. The predicted octanol–water partition coefficient (Wildman–Crippen LogP) is 3.74. The van der Waals surface area contributed by atoms with Crippen molar-refractivity contribution in [2.24, 2.45) is 0 Å². The number of para-hydroxylation sites is 1. The predicted molar refractivity (Wildman–Crippen MR) is 116 cm³/mol. The second-order valence-electron chi connectivity index (χ2n) is 6.76. The van der Waals surface area contributed by atoms with Gasteiger partial charge in [0.25, 0.3) is 10.0 Å². The molecule has 0 atom stereocenters. The zero-order chi connectivity index (χ0) is 22.8. The largest absolute Gasteiger partial charge is 0.454 e. The fraction of sp³-hybridized carbons (Fsp3) is 0.190. The average molecular weight is 461 g/mol. The summed E-state index contributed by atoms with van der Waals surface area (Å²) in [4.78, 5) is 39.7. The van der Waals surface area contributed by atoms with Crippen molar-refractivity contribution < 1.29 is 27.5 Å². The zero-order valence-corrected chi connectivity index (χ0v) is 18.6. The maximum Gasteiger partial charge on any atom is 0.340 e. The normalized spacial score (nSPS) is 11.2. The summed E-state index contributed by atoms with van der Waals surface area (Å²) >= 11 is 1.04. The van der Waals surface area contributed by atoms with Crippen molar-refractivity contribution in [1.82, 2.24) is 4.98 Å². The summed E-state index contributed by atoms with van der Waals surface area (Å²) in [7, 11) is -3.86. The molecular formula is C21H20N2O6S2. The van der Waals surface area contributed by atoms with Crippen molar-refractivity contribution in [2.45, 2.75) is 25.0 Å². The van der Waals surface area contributed by atoms with E-state index in [1.807, 2.05) is 0 Å². The highest BCUT2D eigenvalue weighted by atomic mass is 32.2. The van der Waals surface area contributed by atoms with Gasteiger partial charge in [0.15, 0.2) is 12.4 Å². The number of benzene rings is 1. The number of hydrogen-bond acceptors (Lipinski definition) is 7. The lowest BCUT2D eigenvalue weighted by atomic mass is 10.1. The molecule has 0 amide bonds. The van der Waals surface area contributed by atoms with Gasteiger partial charge in [-0.25, -0.2) is 13.2 Å². The van der Waals surface area contributed by atoms with E-state index in [1.165, 1.54) is 25.1 Å². The van der Waals surface area contributed by atoms with Gasteiger partial charge in [-0.1, -0.05) is 18.2 Å². The van der Waals surface area contributed by atoms with E-state index in [0.717, 1.165) is 11.3 Å². The van der Waals surface area contributed by atoms with Gasteiger partial charge in [-0.05, 0) is 49.9 Å². The molecule has 2 heterocycles. The Hall–Kier alpha value is -3.24. The minimum Gasteiger partial charge on any atom is -0.454 e. The third-order valence-electron chi connectivity index (χ3n) is 4.55. The molecule has 8 nitrogen and oxygen atoms in total. The van der Waals surface area contributed by atoms with E-state index in [-0.39, 0.29) is 26.9 Å². The number of carbonyl (C=O) groups excluding carboxylic acids is 3. The molecule has 0 aliphatic heterocycles. The van der Waals surface area contributed by atoms with Crippen LogP contribution < -0.4 is 4.72 Å². The molecule has 3 rings (SSSR count). The Morgan fingerprint density at radius 2 is 1.81 bits per heavy atom. The summed E-state index contributed by atoms with van der Waals surface area (Å²) in [5.41, 5.74) is 1.70. The number of esters is 1. The molecule has 0 radical (unpaired) electrons. The standard InChI is InChI=1S/C21H20N2O6S2/c1-12-19(14(3)24)13(2)22-20(12)17(25)11-29-21(26)15-7-4-5-8-16(15)23-31(27,28)18-9-6-10-30-18/h4-10,22-23H,11H2,1-3H3. The Labute approximate surface area is 183 Å². The van der Waals surface area contributed by atoms with Gasteiger partial charge in [-0.15, -0.1) is 11.3 Å². The van der Waals surface area contributed by atoms with E-state index in [2.05, 4.69) is 9.71 Å². The lowest BCUT2D eigenvalue weighted by Gasteiger charge is -2.11. The number of nitrogens with one attached hydrogen (secondary N) is 2. The summed E-state index contributed by atoms with van der Waals surface area (Å²) in [5, 5.41) is 1.63. The highest BCUT2D eigenvalue weighted by Gasteiger charge is 2.23. The number of thiophene rings is 1. The van der Waals surface area contributed by atoms with Crippen LogP contribution in [-0.4, -0.2) is 37.5 Å². The number of carbonyl (C=O) groups is 3. The Morgan fingerprint density at radius 3 is 2.42 bits per heavy atom. The van der Waals surface area contributed by atoms with Crippen LogP contribution in [0.4, 0.5) is 5.69 Å². The molecule has 2 N–H and O–H groups in total. The average Bonchev–Trinajstić information content (AvgIpc) is 3.34. The molecule has 2 aromatic heterocycles. The molecule has 10 heteroatoms. The van der Waals surface area contributed by atoms with Gasteiger partial charge in [0.1, 0.15) is 4.21 Å². The van der Waals surface area contributed by atoms with Crippen LogP contribution in [0.25, 0.3) is 0 Å². The molecule has 0 aliphatic rings. The minimum atomic E-state index is -3.86. The highest BCUT2D eigenvalue weighted by Crippen LogP contribution is 2.24. The Balaban J connectivity index is 1.76. The van der Waals surface area contributed by atoms with E-state index in [9.17, 15) is 22.8 Å². The van der Waals surface area contributed by atoms with E-state index in [0.29, 0.717) is 16.8 Å². The van der Waals surface area contributed by atoms with Gasteiger partial charge in [0.05, 0.1) is 16.9 Å². The maximum absolute atomic E-state index is 12.6. The number of anilines is 1. The van der Waals surface area contributed by atoms with Crippen LogP contribution in [0.1, 0.15) is 49.4 Å². The fourth-order valence-corrected chi connectivity index (χ4v) is 5.27. The van der Waals surface area contributed by atoms with Gasteiger partial charge < -0.3 is 9.72 Å². The van der Waals surface area contributed by atoms with Gasteiger partial charge >= 0.3 is 5.97 Å². The third-order valence-corrected chi connectivity index (χ3v) is 7.32. The second kappa shape index (κ2) is 8.86. The lowest BCUT2D eigenvalue weighted by Crippen LogP contribution is -2.18. The first kappa shape index (κ1) is 22.4.